The van der Waals surface area contributed by atoms with E-state index in [1.54, 1.807) is 12.1 Å². The molecule has 2 atom stereocenters. The number of hydrogen-bond acceptors (Lipinski definition) is 8. The topological polar surface area (TPSA) is 147 Å². The number of benzene rings is 2. The summed E-state index contributed by atoms with van der Waals surface area (Å²) in [5, 5.41) is 16.7. The van der Waals surface area contributed by atoms with E-state index < -0.39 is 23.8 Å². The molecule has 0 spiro atoms. The molecule has 11 nitrogen and oxygen atoms in total. The third-order valence-electron chi connectivity index (χ3n) is 7.02. The highest BCUT2D eigenvalue weighted by Crippen LogP contribution is 2.28. The van der Waals surface area contributed by atoms with Crippen molar-refractivity contribution in [1.29, 1.82) is 0 Å². The van der Waals surface area contributed by atoms with Crippen LogP contribution < -0.4 is 10.6 Å². The fraction of sp³-hybridized carbons (Fsp3) is 0.375. The first-order chi connectivity index (χ1) is 20.8. The van der Waals surface area contributed by atoms with Gasteiger partial charge in [-0.2, -0.15) is 0 Å². The van der Waals surface area contributed by atoms with Crippen molar-refractivity contribution in [2.24, 2.45) is 5.92 Å². The van der Waals surface area contributed by atoms with Crippen LogP contribution in [0.15, 0.2) is 65.1 Å². The van der Waals surface area contributed by atoms with Crippen LogP contribution in [0.2, 0.25) is 0 Å². The number of carbonyl (C=O) groups is 4. The standard InChI is InChI=1S/C32H39N3O8/c1-4-6-8-13-24(26(5-2)35(21-36)42-19-22-11-9-7-10-12-22)30(38)33-20-34-31(39)29-17-16-28(43-29)23-14-15-25(27(37)18-23)32(40)41-3/h7,9-12,14-18,21,24,26,37H,4-6,8,13,19-20H2,1-3H3,(H,33,38)(H,34,39)/t24?,26-/m1/s1. The number of carbonyl (C=O) groups excluding carboxylic acids is 4. The molecule has 230 valence electrons. The summed E-state index contributed by atoms with van der Waals surface area (Å²) in [7, 11) is 1.21. The Balaban J connectivity index is 1.61. The zero-order chi connectivity index (χ0) is 31.2. The summed E-state index contributed by atoms with van der Waals surface area (Å²) in [5.41, 5.74) is 1.35. The summed E-state index contributed by atoms with van der Waals surface area (Å²) in [6.07, 6.45) is 4.37. The van der Waals surface area contributed by atoms with E-state index in [0.717, 1.165) is 24.8 Å². The Kier molecular flexibility index (Phi) is 12.8. The number of nitrogens with one attached hydrogen (secondary N) is 2. The molecular weight excluding hydrogens is 554 g/mol. The van der Waals surface area contributed by atoms with Crippen LogP contribution in [0.1, 0.15) is 72.4 Å². The Hall–Kier alpha value is -4.64. The molecule has 3 rings (SSSR count). The molecule has 43 heavy (non-hydrogen) atoms. The SMILES string of the molecule is CCCCCC(C(=O)NCNC(=O)c1ccc(-c2ccc(C(=O)OC)c(O)c2)o1)[C@@H](CC)N(C=O)OCc1ccccc1. The van der Waals surface area contributed by atoms with Crippen molar-refractivity contribution < 1.29 is 38.3 Å². The van der Waals surface area contributed by atoms with Gasteiger partial charge in [-0.05, 0) is 42.7 Å². The Bertz CT molecular complexity index is 1360. The minimum absolute atomic E-state index is 0.00356. The van der Waals surface area contributed by atoms with Crippen molar-refractivity contribution in [1.82, 2.24) is 15.7 Å². The minimum atomic E-state index is -0.679. The van der Waals surface area contributed by atoms with Crippen molar-refractivity contribution >= 4 is 24.2 Å². The van der Waals surface area contributed by atoms with Crippen LogP contribution in [0.5, 0.6) is 5.75 Å². The van der Waals surface area contributed by atoms with Gasteiger partial charge in [0.1, 0.15) is 23.7 Å². The maximum Gasteiger partial charge on any atom is 0.341 e. The number of nitrogens with zero attached hydrogens (tertiary/aromatic N) is 1. The lowest BCUT2D eigenvalue weighted by Crippen LogP contribution is -2.48. The highest BCUT2D eigenvalue weighted by atomic mass is 16.7. The van der Waals surface area contributed by atoms with E-state index in [2.05, 4.69) is 22.3 Å². The van der Waals surface area contributed by atoms with Gasteiger partial charge in [0, 0.05) is 5.56 Å². The largest absolute Gasteiger partial charge is 0.507 e. The zero-order valence-electron chi connectivity index (χ0n) is 24.7. The maximum atomic E-state index is 13.3. The molecule has 0 aliphatic rings. The molecule has 1 aromatic heterocycles. The number of unbranched alkanes of at least 4 members (excludes halogenated alkanes) is 2. The first kappa shape index (κ1) is 32.9. The third-order valence-corrected chi connectivity index (χ3v) is 7.02. The van der Waals surface area contributed by atoms with Crippen LogP contribution in [-0.4, -0.2) is 54.2 Å². The summed E-state index contributed by atoms with van der Waals surface area (Å²) in [6.45, 7) is 4.00. The van der Waals surface area contributed by atoms with Gasteiger partial charge in [-0.3, -0.25) is 19.2 Å². The van der Waals surface area contributed by atoms with Gasteiger partial charge in [0.25, 0.3) is 5.91 Å². The molecule has 0 saturated heterocycles. The van der Waals surface area contributed by atoms with Crippen LogP contribution in [0.25, 0.3) is 11.3 Å². The van der Waals surface area contributed by atoms with Crippen LogP contribution in [0.3, 0.4) is 0 Å². The van der Waals surface area contributed by atoms with Gasteiger partial charge in [-0.15, -0.1) is 0 Å². The van der Waals surface area contributed by atoms with Crippen molar-refractivity contribution in [3.8, 4) is 17.1 Å². The van der Waals surface area contributed by atoms with Crippen LogP contribution in [0, 0.1) is 5.92 Å². The van der Waals surface area contributed by atoms with Gasteiger partial charge >= 0.3 is 5.97 Å². The number of aromatic hydroxyl groups is 1. The molecule has 0 bridgehead atoms. The van der Waals surface area contributed by atoms with E-state index in [1.807, 2.05) is 37.3 Å². The first-order valence-corrected chi connectivity index (χ1v) is 14.3. The fourth-order valence-electron chi connectivity index (χ4n) is 4.69. The second-order valence-corrected chi connectivity index (χ2v) is 9.91. The number of phenolic OH excluding ortho intramolecular Hbond substituents is 1. The van der Waals surface area contributed by atoms with Crippen molar-refractivity contribution in [2.75, 3.05) is 13.8 Å². The number of rotatable bonds is 17. The fourth-order valence-corrected chi connectivity index (χ4v) is 4.69. The molecule has 0 fully saturated rings. The lowest BCUT2D eigenvalue weighted by molar-refractivity contribution is -0.200. The molecule has 3 aromatic rings. The van der Waals surface area contributed by atoms with E-state index in [9.17, 15) is 24.3 Å². The number of phenols is 1. The average Bonchev–Trinajstić information content (AvgIpc) is 3.52. The van der Waals surface area contributed by atoms with Gasteiger partial charge < -0.3 is 24.9 Å². The van der Waals surface area contributed by atoms with E-state index >= 15 is 0 Å². The summed E-state index contributed by atoms with van der Waals surface area (Å²) < 4.78 is 10.3. The predicted octanol–water partition coefficient (Wildman–Crippen LogP) is 4.81. The second-order valence-electron chi connectivity index (χ2n) is 9.91. The van der Waals surface area contributed by atoms with E-state index in [0.29, 0.717) is 30.6 Å². The number of hydroxylamine groups is 2. The third kappa shape index (κ3) is 9.17. The molecule has 0 radical (unpaired) electrons. The van der Waals surface area contributed by atoms with Gasteiger partial charge in [0.05, 0.1) is 25.7 Å². The molecule has 11 heteroatoms. The molecule has 3 amide bonds. The molecule has 3 N–H and O–H groups in total. The average molecular weight is 594 g/mol. The van der Waals surface area contributed by atoms with Crippen molar-refractivity contribution in [2.45, 2.75) is 58.6 Å². The lowest BCUT2D eigenvalue weighted by Gasteiger charge is -2.32. The first-order valence-electron chi connectivity index (χ1n) is 14.3. The number of furan rings is 1. The van der Waals surface area contributed by atoms with Crippen LogP contribution in [-0.2, 0) is 25.8 Å². The van der Waals surface area contributed by atoms with E-state index in [1.165, 1.54) is 30.4 Å². The highest BCUT2D eigenvalue weighted by molar-refractivity contribution is 5.94. The predicted molar refractivity (Wildman–Crippen MR) is 158 cm³/mol. The number of ether oxygens (including phenoxy) is 1. The highest BCUT2D eigenvalue weighted by Gasteiger charge is 2.32. The molecule has 1 heterocycles. The Morgan fingerprint density at radius 3 is 2.44 bits per heavy atom. The van der Waals surface area contributed by atoms with Gasteiger partial charge in [-0.25, -0.2) is 9.86 Å². The summed E-state index contributed by atoms with van der Waals surface area (Å²) >= 11 is 0. The smallest absolute Gasteiger partial charge is 0.341 e. The van der Waals surface area contributed by atoms with E-state index in [4.69, 9.17) is 9.25 Å². The second kappa shape index (κ2) is 16.7. The normalized spacial score (nSPS) is 12.2. The Labute approximate surface area is 251 Å². The van der Waals surface area contributed by atoms with Crippen molar-refractivity contribution in [3.05, 3.63) is 77.6 Å². The number of esters is 1. The van der Waals surface area contributed by atoms with Gasteiger partial charge in [0.2, 0.25) is 12.3 Å². The van der Waals surface area contributed by atoms with Gasteiger partial charge in [0.15, 0.2) is 5.76 Å². The molecule has 0 aliphatic heterocycles. The molecule has 2 aromatic carbocycles. The van der Waals surface area contributed by atoms with E-state index in [-0.39, 0.29) is 36.3 Å². The number of amides is 3. The minimum Gasteiger partial charge on any atom is -0.507 e. The quantitative estimate of drug-likeness (QED) is 0.0664. The zero-order valence-corrected chi connectivity index (χ0v) is 24.7. The number of hydrogen-bond donors (Lipinski definition) is 3. The summed E-state index contributed by atoms with van der Waals surface area (Å²) in [6, 6.07) is 16.3. The Morgan fingerprint density at radius 1 is 1.02 bits per heavy atom. The molecule has 1 unspecified atom stereocenters. The monoisotopic (exact) mass is 593 g/mol. The maximum absolute atomic E-state index is 13.3. The lowest BCUT2D eigenvalue weighted by atomic mass is 9.90. The molecular formula is C32H39N3O8. The molecule has 0 saturated carbocycles. The Morgan fingerprint density at radius 2 is 1.79 bits per heavy atom. The number of methoxy groups -OCH3 is 1. The van der Waals surface area contributed by atoms with Crippen molar-refractivity contribution in [3.63, 3.8) is 0 Å². The summed E-state index contributed by atoms with van der Waals surface area (Å²) in [4.78, 5) is 55.6. The van der Waals surface area contributed by atoms with Gasteiger partial charge in [-0.1, -0.05) is 69.5 Å². The van der Waals surface area contributed by atoms with Crippen LogP contribution >= 0.6 is 0 Å². The molecule has 0 aliphatic carbocycles. The summed E-state index contributed by atoms with van der Waals surface area (Å²) in [5.74, 6) is -2.09. The van der Waals surface area contributed by atoms with Crippen LogP contribution in [0.4, 0.5) is 0 Å².